The number of phenols is 1. The van der Waals surface area contributed by atoms with Crippen LogP contribution < -0.4 is 10.2 Å². The highest BCUT2D eigenvalue weighted by Gasteiger charge is 2.27. The number of ether oxygens (including phenoxy) is 1. The molecule has 0 aromatic heterocycles. The monoisotopic (exact) mass is 382 g/mol. The maximum atomic E-state index is 11.9. The molecule has 0 bridgehead atoms. The molecule has 0 aliphatic rings. The van der Waals surface area contributed by atoms with Crippen LogP contribution in [0.25, 0.3) is 0 Å². The summed E-state index contributed by atoms with van der Waals surface area (Å²) in [5.41, 5.74) is 4.65. The molecule has 0 saturated carbocycles. The average Bonchev–Trinajstić information content (AvgIpc) is 2.58. The van der Waals surface area contributed by atoms with Crippen LogP contribution in [0.4, 0.5) is 0 Å². The van der Waals surface area contributed by atoms with Crippen LogP contribution >= 0.6 is 0 Å². The minimum Gasteiger partial charge on any atom is -0.508 e. The highest BCUT2D eigenvalue weighted by molar-refractivity contribution is 5.83. The molecule has 0 aliphatic heterocycles. The van der Waals surface area contributed by atoms with Crippen molar-refractivity contribution < 1.29 is 14.6 Å². The van der Waals surface area contributed by atoms with Crippen LogP contribution in [0.1, 0.15) is 52.2 Å². The predicted molar refractivity (Wildman–Crippen MR) is 113 cm³/mol. The number of hydrogen-bond acceptors (Lipinski definition) is 4. The van der Waals surface area contributed by atoms with E-state index in [-0.39, 0.29) is 29.1 Å². The SMILES string of the molecule is CC(C)(C)CC(C)(C)c1ccc(OCC(=O)N/N=C\c2cccc(O)c2)cc1. The first-order valence-corrected chi connectivity index (χ1v) is 9.39. The lowest BCUT2D eigenvalue weighted by molar-refractivity contribution is -0.123. The van der Waals surface area contributed by atoms with Gasteiger partial charge in [-0.2, -0.15) is 5.10 Å². The Bertz CT molecular complexity index is 818. The second-order valence-electron chi connectivity index (χ2n) is 8.82. The summed E-state index contributed by atoms with van der Waals surface area (Å²) in [5, 5.41) is 13.2. The lowest BCUT2D eigenvalue weighted by atomic mass is 9.72. The van der Waals surface area contributed by atoms with E-state index in [4.69, 9.17) is 4.74 Å². The van der Waals surface area contributed by atoms with E-state index in [0.29, 0.717) is 11.3 Å². The van der Waals surface area contributed by atoms with Crippen molar-refractivity contribution in [3.8, 4) is 11.5 Å². The predicted octanol–water partition coefficient (Wildman–Crippen LogP) is 4.64. The molecule has 2 aromatic carbocycles. The van der Waals surface area contributed by atoms with Gasteiger partial charge in [0.25, 0.3) is 5.91 Å². The number of hydrazone groups is 1. The van der Waals surface area contributed by atoms with Crippen LogP contribution in [0.5, 0.6) is 11.5 Å². The molecule has 1 amide bonds. The highest BCUT2D eigenvalue weighted by atomic mass is 16.5. The first kappa shape index (κ1) is 21.5. The topological polar surface area (TPSA) is 70.9 Å². The van der Waals surface area contributed by atoms with Crippen LogP contribution in [0, 0.1) is 5.41 Å². The van der Waals surface area contributed by atoms with Gasteiger partial charge in [0.1, 0.15) is 11.5 Å². The van der Waals surface area contributed by atoms with Gasteiger partial charge in [-0.05, 0) is 52.6 Å². The fourth-order valence-electron chi connectivity index (χ4n) is 3.40. The highest BCUT2D eigenvalue weighted by Crippen LogP contribution is 2.36. The normalized spacial score (nSPS) is 12.2. The van der Waals surface area contributed by atoms with E-state index in [9.17, 15) is 9.90 Å². The van der Waals surface area contributed by atoms with Crippen molar-refractivity contribution in [3.63, 3.8) is 0 Å². The lowest BCUT2D eigenvalue weighted by Gasteiger charge is -2.33. The van der Waals surface area contributed by atoms with Gasteiger partial charge in [-0.15, -0.1) is 0 Å². The van der Waals surface area contributed by atoms with Gasteiger partial charge in [0.05, 0.1) is 6.21 Å². The Morgan fingerprint density at radius 1 is 1.11 bits per heavy atom. The van der Waals surface area contributed by atoms with E-state index >= 15 is 0 Å². The molecule has 0 heterocycles. The van der Waals surface area contributed by atoms with Crippen LogP contribution in [0.3, 0.4) is 0 Å². The van der Waals surface area contributed by atoms with Crippen molar-refractivity contribution in [3.05, 3.63) is 59.7 Å². The zero-order chi connectivity index (χ0) is 20.8. The maximum absolute atomic E-state index is 11.9. The Hall–Kier alpha value is -2.82. The number of benzene rings is 2. The summed E-state index contributed by atoms with van der Waals surface area (Å²) in [4.78, 5) is 11.9. The standard InChI is InChI=1S/C23H30N2O3/c1-22(2,3)16-23(4,5)18-9-11-20(12-10-18)28-15-21(27)25-24-14-17-7-6-8-19(26)13-17/h6-14,26H,15-16H2,1-5H3,(H,25,27)/b24-14-. The Kier molecular flexibility index (Phi) is 6.84. The second kappa shape index (κ2) is 8.91. The number of aromatic hydroxyl groups is 1. The Morgan fingerprint density at radius 3 is 2.39 bits per heavy atom. The van der Waals surface area contributed by atoms with Crippen LogP contribution in [-0.4, -0.2) is 23.8 Å². The summed E-state index contributed by atoms with van der Waals surface area (Å²) < 4.78 is 5.53. The van der Waals surface area contributed by atoms with Crippen LogP contribution in [0.15, 0.2) is 53.6 Å². The molecule has 28 heavy (non-hydrogen) atoms. The quantitative estimate of drug-likeness (QED) is 0.541. The number of nitrogens with zero attached hydrogens (tertiary/aromatic N) is 1. The molecule has 2 rings (SSSR count). The van der Waals surface area contributed by atoms with E-state index in [0.717, 1.165) is 6.42 Å². The summed E-state index contributed by atoms with van der Waals surface area (Å²) in [6.07, 6.45) is 2.53. The molecule has 0 saturated heterocycles. The zero-order valence-electron chi connectivity index (χ0n) is 17.3. The first-order chi connectivity index (χ1) is 13.0. The molecule has 150 valence electrons. The van der Waals surface area contributed by atoms with Gasteiger partial charge >= 0.3 is 0 Å². The molecule has 0 aliphatic carbocycles. The first-order valence-electron chi connectivity index (χ1n) is 9.39. The third-order valence-electron chi connectivity index (χ3n) is 4.25. The lowest BCUT2D eigenvalue weighted by Crippen LogP contribution is -2.25. The molecular formula is C23H30N2O3. The fraction of sp³-hybridized carbons (Fsp3) is 0.391. The molecule has 0 fully saturated rings. The van der Waals surface area contributed by atoms with Crippen molar-refractivity contribution in [1.29, 1.82) is 0 Å². The third kappa shape index (κ3) is 7.06. The minimum absolute atomic E-state index is 0.0642. The largest absolute Gasteiger partial charge is 0.508 e. The Labute approximate surface area is 167 Å². The molecule has 5 heteroatoms. The summed E-state index contributed by atoms with van der Waals surface area (Å²) in [6.45, 7) is 11.1. The van der Waals surface area contributed by atoms with Crippen molar-refractivity contribution >= 4 is 12.1 Å². The third-order valence-corrected chi connectivity index (χ3v) is 4.25. The minimum atomic E-state index is -0.353. The molecule has 0 unspecified atom stereocenters. The molecule has 5 nitrogen and oxygen atoms in total. The number of phenolic OH excluding ortho intramolecular Hbond substituents is 1. The van der Waals surface area contributed by atoms with Gasteiger partial charge in [0.15, 0.2) is 6.61 Å². The molecule has 0 radical (unpaired) electrons. The molecule has 2 N–H and O–H groups in total. The maximum Gasteiger partial charge on any atom is 0.277 e. The second-order valence-corrected chi connectivity index (χ2v) is 8.82. The van der Waals surface area contributed by atoms with Gasteiger partial charge < -0.3 is 9.84 Å². The Balaban J connectivity index is 1.85. The van der Waals surface area contributed by atoms with E-state index in [1.54, 1.807) is 24.3 Å². The summed E-state index contributed by atoms with van der Waals surface area (Å²) in [6, 6.07) is 14.5. The van der Waals surface area contributed by atoms with Crippen LogP contribution in [0.2, 0.25) is 0 Å². The van der Waals surface area contributed by atoms with Gasteiger partial charge in [-0.1, -0.05) is 58.9 Å². The number of carbonyl (C=O) groups is 1. The van der Waals surface area contributed by atoms with Crippen molar-refractivity contribution in [2.24, 2.45) is 10.5 Å². The molecule has 2 aromatic rings. The van der Waals surface area contributed by atoms with E-state index in [2.05, 4.69) is 57.3 Å². The number of nitrogens with one attached hydrogen (secondary N) is 1. The van der Waals surface area contributed by atoms with E-state index in [1.807, 2.05) is 12.1 Å². The molecule has 0 spiro atoms. The number of rotatable bonds is 7. The van der Waals surface area contributed by atoms with Gasteiger partial charge in [0, 0.05) is 0 Å². The number of amides is 1. The van der Waals surface area contributed by atoms with Gasteiger partial charge in [-0.3, -0.25) is 4.79 Å². The van der Waals surface area contributed by atoms with Crippen molar-refractivity contribution in [1.82, 2.24) is 5.43 Å². The van der Waals surface area contributed by atoms with Crippen molar-refractivity contribution in [2.45, 2.75) is 46.5 Å². The zero-order valence-corrected chi connectivity index (χ0v) is 17.3. The van der Waals surface area contributed by atoms with E-state index < -0.39 is 0 Å². The summed E-state index contributed by atoms with van der Waals surface area (Å²) in [7, 11) is 0. The summed E-state index contributed by atoms with van der Waals surface area (Å²) >= 11 is 0. The molecular weight excluding hydrogens is 352 g/mol. The summed E-state index contributed by atoms with van der Waals surface area (Å²) in [5.74, 6) is 0.434. The molecule has 0 atom stereocenters. The van der Waals surface area contributed by atoms with Crippen molar-refractivity contribution in [2.75, 3.05) is 6.61 Å². The number of hydrogen-bond donors (Lipinski definition) is 2. The Morgan fingerprint density at radius 2 is 1.79 bits per heavy atom. The van der Waals surface area contributed by atoms with Gasteiger partial charge in [0.2, 0.25) is 0 Å². The van der Waals surface area contributed by atoms with Crippen LogP contribution in [-0.2, 0) is 10.2 Å². The van der Waals surface area contributed by atoms with Gasteiger partial charge in [-0.25, -0.2) is 5.43 Å². The average molecular weight is 383 g/mol. The van der Waals surface area contributed by atoms with E-state index in [1.165, 1.54) is 11.8 Å². The fourth-order valence-corrected chi connectivity index (χ4v) is 3.40. The smallest absolute Gasteiger partial charge is 0.277 e. The number of carbonyl (C=O) groups excluding carboxylic acids is 1.